The molecule has 1 aromatic carbocycles. The van der Waals surface area contributed by atoms with Crippen molar-refractivity contribution in [2.24, 2.45) is 0 Å². The highest BCUT2D eigenvalue weighted by Crippen LogP contribution is 2.18. The van der Waals surface area contributed by atoms with Crippen LogP contribution in [0, 0.1) is 18.4 Å². The number of carbonyl (C=O) groups is 1. The topological polar surface area (TPSA) is 63.3 Å². The molecule has 90 valence electrons. The van der Waals surface area contributed by atoms with E-state index in [1.165, 1.54) is 0 Å². The van der Waals surface area contributed by atoms with Crippen molar-refractivity contribution in [2.45, 2.75) is 26.6 Å². The number of carboxylic acid groups (broad SMARTS) is 1. The standard InChI is InChI=1S/C13H17NO2Si/c1-9-11(13(15)16)7-10(8-12(9)14)5-6-17(2,3)4/h7-8H,14H2,1-4H3,(H,15,16). The minimum atomic E-state index is -1.46. The van der Waals surface area contributed by atoms with Gasteiger partial charge in [0.15, 0.2) is 0 Å². The SMILES string of the molecule is Cc1c(N)cc(C#C[Si](C)(C)C)cc1C(=O)O. The van der Waals surface area contributed by atoms with Gasteiger partial charge >= 0.3 is 5.97 Å². The van der Waals surface area contributed by atoms with Crippen molar-refractivity contribution in [3.63, 3.8) is 0 Å². The molecule has 0 saturated carbocycles. The third-order valence-electron chi connectivity index (χ3n) is 2.26. The average Bonchev–Trinajstić information content (AvgIpc) is 2.18. The highest BCUT2D eigenvalue weighted by molar-refractivity contribution is 6.83. The number of nitrogens with two attached hydrogens (primary N) is 1. The van der Waals surface area contributed by atoms with Crippen LogP contribution in [0.1, 0.15) is 21.5 Å². The van der Waals surface area contributed by atoms with Gasteiger partial charge in [-0.3, -0.25) is 0 Å². The molecule has 0 aliphatic rings. The van der Waals surface area contributed by atoms with Gasteiger partial charge < -0.3 is 10.8 Å². The zero-order valence-corrected chi connectivity index (χ0v) is 11.6. The van der Waals surface area contributed by atoms with Gasteiger partial charge in [0.05, 0.1) is 5.56 Å². The molecule has 3 nitrogen and oxygen atoms in total. The molecule has 0 unspecified atom stereocenters. The Kier molecular flexibility index (Phi) is 3.64. The fourth-order valence-corrected chi connectivity index (χ4v) is 1.81. The van der Waals surface area contributed by atoms with Gasteiger partial charge in [0, 0.05) is 11.3 Å². The Morgan fingerprint density at radius 3 is 2.41 bits per heavy atom. The fourth-order valence-electron chi connectivity index (χ4n) is 1.29. The molecule has 0 radical (unpaired) electrons. The maximum atomic E-state index is 11.0. The number of hydrogen-bond acceptors (Lipinski definition) is 2. The number of anilines is 1. The normalized spacial score (nSPS) is 10.6. The van der Waals surface area contributed by atoms with Gasteiger partial charge in [0.25, 0.3) is 0 Å². The zero-order chi connectivity index (χ0) is 13.2. The quantitative estimate of drug-likeness (QED) is 0.455. The molecule has 0 aliphatic heterocycles. The second-order valence-electron chi connectivity index (χ2n) is 5.04. The summed E-state index contributed by atoms with van der Waals surface area (Å²) in [6, 6.07) is 3.32. The van der Waals surface area contributed by atoms with Crippen molar-refractivity contribution in [1.29, 1.82) is 0 Å². The van der Waals surface area contributed by atoms with E-state index in [1.807, 2.05) is 0 Å². The summed E-state index contributed by atoms with van der Waals surface area (Å²) in [5.74, 6) is 2.05. The van der Waals surface area contributed by atoms with E-state index in [2.05, 4.69) is 31.1 Å². The van der Waals surface area contributed by atoms with Crippen molar-refractivity contribution in [3.05, 3.63) is 28.8 Å². The van der Waals surface area contributed by atoms with Crippen LogP contribution in [0.5, 0.6) is 0 Å². The lowest BCUT2D eigenvalue weighted by Gasteiger charge is -2.07. The Hall–Kier alpha value is -1.73. The minimum absolute atomic E-state index is 0.227. The molecule has 1 rings (SSSR count). The second-order valence-corrected chi connectivity index (χ2v) is 9.79. The summed E-state index contributed by atoms with van der Waals surface area (Å²) < 4.78 is 0. The van der Waals surface area contributed by atoms with Crippen molar-refractivity contribution in [2.75, 3.05) is 5.73 Å². The Labute approximate surface area is 103 Å². The van der Waals surface area contributed by atoms with E-state index < -0.39 is 14.0 Å². The number of nitrogen functional groups attached to an aromatic ring is 1. The van der Waals surface area contributed by atoms with E-state index in [-0.39, 0.29) is 5.56 Å². The predicted molar refractivity (Wildman–Crippen MR) is 72.8 cm³/mol. The van der Waals surface area contributed by atoms with E-state index in [4.69, 9.17) is 10.8 Å². The van der Waals surface area contributed by atoms with Gasteiger partial charge in [0.1, 0.15) is 8.07 Å². The molecule has 0 amide bonds. The summed E-state index contributed by atoms with van der Waals surface area (Å²) in [4.78, 5) is 11.0. The predicted octanol–water partition coefficient (Wildman–Crippen LogP) is 2.50. The molecule has 0 saturated heterocycles. The maximum Gasteiger partial charge on any atom is 0.336 e. The van der Waals surface area contributed by atoms with Crippen LogP contribution in [-0.2, 0) is 0 Å². The molecule has 4 heteroatoms. The van der Waals surface area contributed by atoms with Crippen LogP contribution < -0.4 is 5.73 Å². The number of rotatable bonds is 1. The molecule has 3 N–H and O–H groups in total. The Morgan fingerprint density at radius 1 is 1.35 bits per heavy atom. The highest BCUT2D eigenvalue weighted by atomic mass is 28.3. The Balaban J connectivity index is 3.28. The maximum absolute atomic E-state index is 11.0. The lowest BCUT2D eigenvalue weighted by molar-refractivity contribution is 0.0696. The molecule has 0 aliphatic carbocycles. The Bertz CT molecular complexity index is 519. The van der Waals surface area contributed by atoms with Gasteiger partial charge in [0.2, 0.25) is 0 Å². The largest absolute Gasteiger partial charge is 0.478 e. The fraction of sp³-hybridized carbons (Fsp3) is 0.308. The number of aromatic carboxylic acids is 1. The first-order valence-electron chi connectivity index (χ1n) is 5.37. The number of benzene rings is 1. The van der Waals surface area contributed by atoms with Gasteiger partial charge in [-0.05, 0) is 24.6 Å². The van der Waals surface area contributed by atoms with Crippen molar-refractivity contribution in [3.8, 4) is 11.5 Å². The average molecular weight is 247 g/mol. The van der Waals surface area contributed by atoms with Crippen LogP contribution in [0.2, 0.25) is 19.6 Å². The van der Waals surface area contributed by atoms with E-state index >= 15 is 0 Å². The summed E-state index contributed by atoms with van der Waals surface area (Å²) in [7, 11) is -1.46. The summed E-state index contributed by atoms with van der Waals surface area (Å²) in [6.07, 6.45) is 0. The van der Waals surface area contributed by atoms with Crippen molar-refractivity contribution < 1.29 is 9.90 Å². The van der Waals surface area contributed by atoms with Gasteiger partial charge in [-0.2, -0.15) is 0 Å². The van der Waals surface area contributed by atoms with Crippen LogP contribution in [0.4, 0.5) is 5.69 Å². The third kappa shape index (κ3) is 3.65. The first-order valence-corrected chi connectivity index (χ1v) is 8.87. The molecule has 0 bridgehead atoms. The summed E-state index contributed by atoms with van der Waals surface area (Å²) in [5, 5.41) is 9.05. The highest BCUT2D eigenvalue weighted by Gasteiger charge is 2.11. The third-order valence-corrected chi connectivity index (χ3v) is 3.14. The van der Waals surface area contributed by atoms with Gasteiger partial charge in [-0.25, -0.2) is 4.79 Å². The first-order chi connectivity index (χ1) is 7.70. The lowest BCUT2D eigenvalue weighted by atomic mass is 10.0. The number of hydrogen-bond donors (Lipinski definition) is 2. The van der Waals surface area contributed by atoms with Crippen LogP contribution in [0.25, 0.3) is 0 Å². The van der Waals surface area contributed by atoms with Crippen molar-refractivity contribution in [1.82, 2.24) is 0 Å². The molecular weight excluding hydrogens is 230 g/mol. The van der Waals surface area contributed by atoms with Crippen LogP contribution in [0.3, 0.4) is 0 Å². The molecular formula is C13H17NO2Si. The van der Waals surface area contributed by atoms with Crippen LogP contribution in [0.15, 0.2) is 12.1 Å². The lowest BCUT2D eigenvalue weighted by Crippen LogP contribution is -2.16. The molecule has 0 heterocycles. The smallest absolute Gasteiger partial charge is 0.336 e. The van der Waals surface area contributed by atoms with Crippen LogP contribution in [-0.4, -0.2) is 19.1 Å². The molecule has 0 spiro atoms. The summed E-state index contributed by atoms with van der Waals surface area (Å²) in [6.45, 7) is 8.11. The monoisotopic (exact) mass is 247 g/mol. The molecule has 0 aromatic heterocycles. The number of carboxylic acids is 1. The van der Waals surface area contributed by atoms with E-state index in [0.29, 0.717) is 16.8 Å². The molecule has 0 fully saturated rings. The molecule has 17 heavy (non-hydrogen) atoms. The summed E-state index contributed by atoms with van der Waals surface area (Å²) >= 11 is 0. The second kappa shape index (κ2) is 4.64. The minimum Gasteiger partial charge on any atom is -0.478 e. The van der Waals surface area contributed by atoms with Gasteiger partial charge in [-0.1, -0.05) is 25.6 Å². The van der Waals surface area contributed by atoms with Crippen LogP contribution >= 0.6 is 0 Å². The zero-order valence-electron chi connectivity index (χ0n) is 10.6. The molecule has 0 atom stereocenters. The van der Waals surface area contributed by atoms with E-state index in [0.717, 1.165) is 0 Å². The molecule has 1 aromatic rings. The summed E-state index contributed by atoms with van der Waals surface area (Å²) in [5.41, 5.74) is 10.9. The first kappa shape index (κ1) is 13.3. The van der Waals surface area contributed by atoms with E-state index in [1.54, 1.807) is 19.1 Å². The van der Waals surface area contributed by atoms with E-state index in [9.17, 15) is 4.79 Å². The van der Waals surface area contributed by atoms with Crippen molar-refractivity contribution >= 4 is 19.7 Å². The Morgan fingerprint density at radius 2 is 1.94 bits per heavy atom. The van der Waals surface area contributed by atoms with Gasteiger partial charge in [-0.15, -0.1) is 5.54 Å².